The van der Waals surface area contributed by atoms with E-state index in [4.69, 9.17) is 5.73 Å². The first-order valence-electron chi connectivity index (χ1n) is 7.07. The van der Waals surface area contributed by atoms with Crippen LogP contribution in [-0.2, 0) is 11.0 Å². The number of nitrogens with one attached hydrogen (secondary N) is 2. The zero-order chi connectivity index (χ0) is 18.5. The Balaban J connectivity index is 0.00000576. The van der Waals surface area contributed by atoms with E-state index in [0.29, 0.717) is 6.07 Å². The number of hydrogen-bond acceptors (Lipinski definition) is 5. The summed E-state index contributed by atoms with van der Waals surface area (Å²) in [4.78, 5) is 21.7. The minimum Gasteiger partial charge on any atom is -0.379 e. The van der Waals surface area contributed by atoms with E-state index < -0.39 is 27.9 Å². The smallest absolute Gasteiger partial charge is 0.379 e. The Kier molecular flexibility index (Phi) is 8.13. The van der Waals surface area contributed by atoms with Crippen LogP contribution in [0.4, 0.5) is 24.5 Å². The zero-order valence-corrected chi connectivity index (χ0v) is 14.5. The number of rotatable bonds is 7. The van der Waals surface area contributed by atoms with E-state index in [1.165, 1.54) is 0 Å². The van der Waals surface area contributed by atoms with Gasteiger partial charge in [0.1, 0.15) is 5.69 Å². The number of amides is 1. The van der Waals surface area contributed by atoms with Crippen LogP contribution >= 0.6 is 12.4 Å². The van der Waals surface area contributed by atoms with Gasteiger partial charge >= 0.3 is 6.18 Å². The van der Waals surface area contributed by atoms with Crippen LogP contribution < -0.4 is 16.4 Å². The van der Waals surface area contributed by atoms with Crippen LogP contribution in [0.5, 0.6) is 0 Å². The Bertz CT molecular complexity index is 624. The quantitative estimate of drug-likeness (QED) is 0.494. The van der Waals surface area contributed by atoms with Crippen LogP contribution in [0, 0.1) is 10.1 Å². The SMILES string of the molecule is CC(C)(CN)NC(=O)CCNc1ccc(C(F)(F)F)cc1[N+](=O)[O-].Cl. The van der Waals surface area contributed by atoms with Crippen LogP contribution in [0.25, 0.3) is 0 Å². The molecule has 0 radical (unpaired) electrons. The number of benzene rings is 1. The van der Waals surface area contributed by atoms with Crippen molar-refractivity contribution in [2.24, 2.45) is 5.73 Å². The monoisotopic (exact) mass is 384 g/mol. The number of hydrogen-bond donors (Lipinski definition) is 3. The van der Waals surface area contributed by atoms with Crippen molar-refractivity contribution in [2.75, 3.05) is 18.4 Å². The lowest BCUT2D eigenvalue weighted by Crippen LogP contribution is -2.49. The summed E-state index contributed by atoms with van der Waals surface area (Å²) in [5, 5.41) is 16.2. The zero-order valence-electron chi connectivity index (χ0n) is 13.6. The van der Waals surface area contributed by atoms with E-state index in [1.807, 2.05) is 0 Å². The van der Waals surface area contributed by atoms with Gasteiger partial charge in [-0.2, -0.15) is 13.2 Å². The van der Waals surface area contributed by atoms with Crippen LogP contribution in [0.3, 0.4) is 0 Å². The Morgan fingerprint density at radius 2 is 1.92 bits per heavy atom. The summed E-state index contributed by atoms with van der Waals surface area (Å²) in [7, 11) is 0. The predicted octanol–water partition coefficient (Wildman–Crippen LogP) is 2.69. The summed E-state index contributed by atoms with van der Waals surface area (Å²) in [6.07, 6.45) is -4.68. The summed E-state index contributed by atoms with van der Waals surface area (Å²) < 4.78 is 37.8. The molecule has 0 atom stereocenters. The lowest BCUT2D eigenvalue weighted by atomic mass is 10.1. The molecular formula is C14H20ClF3N4O3. The molecule has 0 unspecified atom stereocenters. The second-order valence-corrected chi connectivity index (χ2v) is 5.80. The summed E-state index contributed by atoms with van der Waals surface area (Å²) in [5.41, 5.74) is 3.00. The molecule has 1 rings (SSSR count). The molecule has 0 bridgehead atoms. The highest BCUT2D eigenvalue weighted by atomic mass is 35.5. The van der Waals surface area contributed by atoms with Crippen molar-refractivity contribution < 1.29 is 22.9 Å². The fraction of sp³-hybridized carbons (Fsp3) is 0.500. The fourth-order valence-electron chi connectivity index (χ4n) is 1.81. The van der Waals surface area contributed by atoms with Gasteiger partial charge < -0.3 is 16.4 Å². The Hall–Kier alpha value is -2.07. The molecule has 142 valence electrons. The van der Waals surface area contributed by atoms with Crippen molar-refractivity contribution in [3.8, 4) is 0 Å². The molecule has 25 heavy (non-hydrogen) atoms. The van der Waals surface area contributed by atoms with Crippen molar-refractivity contribution in [2.45, 2.75) is 32.0 Å². The number of nitrogens with zero attached hydrogens (tertiary/aromatic N) is 1. The minimum absolute atomic E-state index is 0. The highest BCUT2D eigenvalue weighted by molar-refractivity contribution is 5.85. The molecule has 11 heteroatoms. The second kappa shape index (κ2) is 8.86. The van der Waals surface area contributed by atoms with Crippen LogP contribution in [-0.4, -0.2) is 29.5 Å². The fourth-order valence-corrected chi connectivity index (χ4v) is 1.81. The first-order valence-corrected chi connectivity index (χ1v) is 7.07. The first kappa shape index (κ1) is 22.9. The average Bonchev–Trinajstić information content (AvgIpc) is 2.45. The Morgan fingerprint density at radius 1 is 1.32 bits per heavy atom. The van der Waals surface area contributed by atoms with Gasteiger partial charge in [-0.3, -0.25) is 14.9 Å². The van der Waals surface area contributed by atoms with Gasteiger partial charge in [0, 0.05) is 31.1 Å². The molecule has 1 aromatic rings. The summed E-state index contributed by atoms with van der Waals surface area (Å²) in [6, 6.07) is 2.18. The molecule has 0 aliphatic rings. The standard InChI is InChI=1S/C14H19F3N4O3.ClH/c1-13(2,8-18)20-12(22)5-6-19-10-4-3-9(14(15,16)17)7-11(10)21(23)24;/h3-4,7,19H,5-6,8,18H2,1-2H3,(H,20,22);1H. The van der Waals surface area contributed by atoms with Crippen molar-refractivity contribution in [1.82, 2.24) is 5.32 Å². The van der Waals surface area contributed by atoms with Crippen LogP contribution in [0.15, 0.2) is 18.2 Å². The minimum atomic E-state index is -4.67. The molecule has 1 amide bonds. The Labute approximate surface area is 148 Å². The van der Waals surface area contributed by atoms with E-state index in [0.717, 1.165) is 12.1 Å². The summed E-state index contributed by atoms with van der Waals surface area (Å²) >= 11 is 0. The van der Waals surface area contributed by atoms with Gasteiger partial charge in [-0.25, -0.2) is 0 Å². The molecule has 0 aliphatic heterocycles. The molecule has 0 fully saturated rings. The number of carbonyl (C=O) groups is 1. The predicted molar refractivity (Wildman–Crippen MR) is 89.7 cm³/mol. The highest BCUT2D eigenvalue weighted by Crippen LogP contribution is 2.34. The van der Waals surface area contributed by atoms with Gasteiger partial charge in [0.15, 0.2) is 0 Å². The molecule has 0 aliphatic carbocycles. The third kappa shape index (κ3) is 7.14. The van der Waals surface area contributed by atoms with E-state index in [1.54, 1.807) is 13.8 Å². The highest BCUT2D eigenvalue weighted by Gasteiger charge is 2.33. The number of nitro benzene ring substituents is 1. The molecule has 7 nitrogen and oxygen atoms in total. The van der Waals surface area contributed by atoms with Gasteiger partial charge in [0.2, 0.25) is 5.91 Å². The molecule has 0 heterocycles. The number of nitro groups is 1. The van der Waals surface area contributed by atoms with Crippen molar-refractivity contribution in [1.29, 1.82) is 0 Å². The number of carbonyl (C=O) groups excluding carboxylic acids is 1. The maximum Gasteiger partial charge on any atom is 0.416 e. The van der Waals surface area contributed by atoms with E-state index in [2.05, 4.69) is 10.6 Å². The van der Waals surface area contributed by atoms with Crippen molar-refractivity contribution in [3.05, 3.63) is 33.9 Å². The maximum atomic E-state index is 12.6. The first-order chi connectivity index (χ1) is 11.0. The number of halogens is 4. The third-order valence-corrected chi connectivity index (χ3v) is 3.18. The maximum absolute atomic E-state index is 12.6. The van der Waals surface area contributed by atoms with Gasteiger partial charge in [-0.1, -0.05) is 0 Å². The average molecular weight is 385 g/mol. The van der Waals surface area contributed by atoms with E-state index in [9.17, 15) is 28.1 Å². The second-order valence-electron chi connectivity index (χ2n) is 5.80. The Morgan fingerprint density at radius 3 is 2.40 bits per heavy atom. The largest absolute Gasteiger partial charge is 0.416 e. The molecular weight excluding hydrogens is 365 g/mol. The molecule has 0 spiro atoms. The topological polar surface area (TPSA) is 110 Å². The van der Waals surface area contributed by atoms with Crippen LogP contribution in [0.1, 0.15) is 25.8 Å². The summed E-state index contributed by atoms with van der Waals surface area (Å²) in [5.74, 6) is -0.326. The van der Waals surface area contributed by atoms with Gasteiger partial charge in [-0.05, 0) is 26.0 Å². The molecule has 4 N–H and O–H groups in total. The molecule has 0 saturated heterocycles. The molecule has 0 saturated carbocycles. The van der Waals surface area contributed by atoms with Crippen molar-refractivity contribution >= 4 is 29.7 Å². The van der Waals surface area contributed by atoms with Gasteiger partial charge in [0.05, 0.1) is 10.5 Å². The number of anilines is 1. The number of alkyl halides is 3. The van der Waals surface area contributed by atoms with Gasteiger partial charge in [-0.15, -0.1) is 12.4 Å². The summed E-state index contributed by atoms with van der Waals surface area (Å²) in [6.45, 7) is 3.73. The van der Waals surface area contributed by atoms with E-state index in [-0.39, 0.29) is 43.5 Å². The third-order valence-electron chi connectivity index (χ3n) is 3.18. The normalized spacial score (nSPS) is 11.4. The van der Waals surface area contributed by atoms with E-state index >= 15 is 0 Å². The van der Waals surface area contributed by atoms with Crippen LogP contribution in [0.2, 0.25) is 0 Å². The lowest BCUT2D eigenvalue weighted by molar-refractivity contribution is -0.384. The van der Waals surface area contributed by atoms with Gasteiger partial charge in [0.25, 0.3) is 5.69 Å². The lowest BCUT2D eigenvalue weighted by Gasteiger charge is -2.24. The number of nitrogens with two attached hydrogens (primary N) is 1. The molecule has 1 aromatic carbocycles. The van der Waals surface area contributed by atoms with Crippen molar-refractivity contribution in [3.63, 3.8) is 0 Å². The molecule has 0 aromatic heterocycles.